The predicted molar refractivity (Wildman–Crippen MR) is 152 cm³/mol. The van der Waals surface area contributed by atoms with Gasteiger partial charge in [0, 0.05) is 60.7 Å². The molecule has 2 amide bonds. The molecule has 7 aliphatic carbocycles. The zero-order valence-electron chi connectivity index (χ0n) is 23.8. The third-order valence-corrected chi connectivity index (χ3v) is 12.5. The summed E-state index contributed by atoms with van der Waals surface area (Å²) in [5.74, 6) is 2.36. The van der Waals surface area contributed by atoms with Crippen molar-refractivity contribution in [3.05, 3.63) is 53.1 Å². The van der Waals surface area contributed by atoms with Crippen molar-refractivity contribution in [2.75, 3.05) is 32.6 Å². The van der Waals surface area contributed by atoms with E-state index in [0.29, 0.717) is 12.6 Å². The maximum Gasteiger partial charge on any atom is 0.318 e. The van der Waals surface area contributed by atoms with E-state index < -0.39 is 5.60 Å². The molecule has 2 aliphatic heterocycles. The smallest absolute Gasteiger partial charge is 0.318 e. The van der Waals surface area contributed by atoms with Crippen LogP contribution in [0.15, 0.2) is 36.4 Å². The maximum absolute atomic E-state index is 11.8. The Hall–Kier alpha value is -2.81. The number of benzene rings is 2. The van der Waals surface area contributed by atoms with E-state index in [1.807, 2.05) is 31.4 Å². The van der Waals surface area contributed by atoms with Crippen LogP contribution in [0.4, 0.5) is 10.5 Å². The number of urea groups is 1. The van der Waals surface area contributed by atoms with Crippen LogP contribution >= 0.6 is 0 Å². The molecule has 8 nitrogen and oxygen atoms in total. The summed E-state index contributed by atoms with van der Waals surface area (Å²) in [5, 5.41) is 16.5. The molecule has 1 saturated heterocycles. The van der Waals surface area contributed by atoms with E-state index in [9.17, 15) is 9.90 Å². The Balaban J connectivity index is 1.07. The largest absolute Gasteiger partial charge is 0.504 e. The van der Waals surface area contributed by atoms with E-state index in [-0.39, 0.29) is 46.7 Å². The van der Waals surface area contributed by atoms with Crippen LogP contribution in [0.2, 0.25) is 0 Å². The first-order valence-electron chi connectivity index (χ1n) is 15.5. The number of likely N-dealkylation sites (tertiary alicyclic amines) is 1. The van der Waals surface area contributed by atoms with Crippen LogP contribution < -0.4 is 15.4 Å². The molecule has 6 bridgehead atoms. The Kier molecular flexibility index (Phi) is 4.94. The van der Waals surface area contributed by atoms with Crippen LogP contribution in [-0.2, 0) is 27.9 Å². The SMILES string of the molecule is CNC(=O)Nc1cccc(COC2[C@H]3CC45C[C@H]2C3(OC)[C@@H]2Oc3c(O)ccc6c3[C@@]24CCN(CC2CC2)[C@@H]5C6)c1. The number of piperidine rings is 1. The Labute approximate surface area is 240 Å². The van der Waals surface area contributed by atoms with Crippen LogP contribution in [0.5, 0.6) is 11.5 Å². The molecule has 0 unspecified atom stereocenters. The number of methoxy groups -OCH3 is 1. The molecule has 7 fully saturated rings. The lowest BCUT2D eigenvalue weighted by molar-refractivity contribution is -0.390. The van der Waals surface area contributed by atoms with Gasteiger partial charge in [0.1, 0.15) is 11.7 Å². The van der Waals surface area contributed by atoms with Crippen LogP contribution in [0.1, 0.15) is 48.8 Å². The standard InChI is InChI=1S/C33H39N3O5/c1-34-30(38)35-21-5-3-4-19(12-21)17-40-27-22-14-31-15-23(27)33(22,39-2)29-32(31)10-11-36(16-18-6-7-18)25(31)13-20-8-9-24(37)28(41-29)26(20)32/h3-5,8-9,12,18,22-23,25,27,29,37H,6-7,10-11,13-17H2,1-2H3,(H2,34,35,38)/t22-,23-,25-,27?,29-,31?,32+,33?/m1/s1. The first-order valence-corrected chi connectivity index (χ1v) is 15.5. The summed E-state index contributed by atoms with van der Waals surface area (Å²) in [6.45, 7) is 2.82. The molecule has 5 atom stereocenters. The summed E-state index contributed by atoms with van der Waals surface area (Å²) in [5.41, 5.74) is 4.09. The minimum atomic E-state index is -0.404. The van der Waals surface area contributed by atoms with E-state index in [4.69, 9.17) is 14.2 Å². The molecule has 2 aromatic carbocycles. The highest BCUT2D eigenvalue weighted by atomic mass is 16.6. The van der Waals surface area contributed by atoms with Crippen molar-refractivity contribution < 1.29 is 24.1 Å². The van der Waals surface area contributed by atoms with Crippen molar-refractivity contribution >= 4 is 11.7 Å². The fraction of sp³-hybridized carbons (Fsp3) is 0.606. The Morgan fingerprint density at radius 2 is 2.02 bits per heavy atom. The van der Waals surface area contributed by atoms with Crippen molar-refractivity contribution in [2.24, 2.45) is 23.2 Å². The zero-order chi connectivity index (χ0) is 27.7. The van der Waals surface area contributed by atoms with Crippen LogP contribution in [0.25, 0.3) is 0 Å². The average molecular weight is 558 g/mol. The van der Waals surface area contributed by atoms with Gasteiger partial charge in [-0.3, -0.25) is 4.90 Å². The highest BCUT2D eigenvalue weighted by Crippen LogP contribution is 2.82. The number of carbonyl (C=O) groups is 1. The second-order valence-corrected chi connectivity index (χ2v) is 13.8. The summed E-state index contributed by atoms with van der Waals surface area (Å²) in [7, 11) is 3.48. The highest BCUT2D eigenvalue weighted by Gasteiger charge is 2.88. The second-order valence-electron chi connectivity index (χ2n) is 13.8. The molecule has 9 aliphatic rings. The summed E-state index contributed by atoms with van der Waals surface area (Å²) in [4.78, 5) is 14.7. The van der Waals surface area contributed by atoms with Gasteiger partial charge in [0.2, 0.25) is 0 Å². The molecular formula is C33H39N3O5. The fourth-order valence-electron chi connectivity index (χ4n) is 10.9. The molecule has 6 saturated carbocycles. The van der Waals surface area contributed by atoms with Crippen LogP contribution in [-0.4, -0.2) is 67.1 Å². The number of anilines is 1. The van der Waals surface area contributed by atoms with Gasteiger partial charge >= 0.3 is 6.03 Å². The van der Waals surface area contributed by atoms with E-state index in [0.717, 1.165) is 55.1 Å². The van der Waals surface area contributed by atoms with Gasteiger partial charge in [0.15, 0.2) is 11.5 Å². The van der Waals surface area contributed by atoms with Crippen LogP contribution in [0, 0.1) is 23.2 Å². The third kappa shape index (κ3) is 2.89. The predicted octanol–water partition coefficient (Wildman–Crippen LogP) is 4.19. The lowest BCUT2D eigenvalue weighted by Gasteiger charge is -2.81. The number of phenolic OH excluding ortho intramolecular Hbond substituents is 1. The summed E-state index contributed by atoms with van der Waals surface area (Å²) in [6.07, 6.45) is 7.04. The molecular weight excluding hydrogens is 518 g/mol. The number of nitrogens with one attached hydrogen (secondary N) is 2. The third-order valence-electron chi connectivity index (χ3n) is 12.5. The lowest BCUT2D eigenvalue weighted by Crippen LogP contribution is -2.90. The van der Waals surface area contributed by atoms with Gasteiger partial charge in [0.05, 0.1) is 12.7 Å². The number of phenols is 1. The number of aromatic hydroxyl groups is 1. The average Bonchev–Trinajstić information content (AvgIpc) is 3.73. The normalized spacial score (nSPS) is 40.4. The minimum Gasteiger partial charge on any atom is -0.504 e. The van der Waals surface area contributed by atoms with E-state index in [1.165, 1.54) is 30.5 Å². The molecule has 0 aromatic heterocycles. The highest BCUT2D eigenvalue weighted by molar-refractivity contribution is 5.89. The molecule has 3 N–H and O–H groups in total. The Morgan fingerprint density at radius 3 is 2.78 bits per heavy atom. The Morgan fingerprint density at radius 1 is 1.20 bits per heavy atom. The lowest BCUT2D eigenvalue weighted by atomic mass is 9.27. The summed E-state index contributed by atoms with van der Waals surface area (Å²) in [6, 6.07) is 12.2. The van der Waals surface area contributed by atoms with Gasteiger partial charge in [-0.1, -0.05) is 18.2 Å². The van der Waals surface area contributed by atoms with Crippen molar-refractivity contribution in [1.82, 2.24) is 10.2 Å². The van der Waals surface area contributed by atoms with Gasteiger partial charge in [-0.2, -0.15) is 0 Å². The van der Waals surface area contributed by atoms with E-state index >= 15 is 0 Å². The maximum atomic E-state index is 11.8. The zero-order valence-corrected chi connectivity index (χ0v) is 23.8. The first-order chi connectivity index (χ1) is 19.9. The molecule has 8 heteroatoms. The monoisotopic (exact) mass is 557 g/mol. The number of ether oxygens (including phenoxy) is 3. The number of rotatable bonds is 7. The van der Waals surface area contributed by atoms with E-state index in [2.05, 4.69) is 27.7 Å². The van der Waals surface area contributed by atoms with Crippen molar-refractivity contribution in [1.29, 1.82) is 0 Å². The van der Waals surface area contributed by atoms with Gasteiger partial charge in [-0.05, 0) is 80.3 Å². The summed E-state index contributed by atoms with van der Waals surface area (Å²) < 4.78 is 20.3. The topological polar surface area (TPSA) is 92.3 Å². The molecule has 41 heavy (non-hydrogen) atoms. The van der Waals surface area contributed by atoms with Crippen molar-refractivity contribution in [3.8, 4) is 11.5 Å². The molecule has 11 rings (SSSR count). The summed E-state index contributed by atoms with van der Waals surface area (Å²) >= 11 is 0. The quantitative estimate of drug-likeness (QED) is 0.473. The Bertz CT molecular complexity index is 1440. The molecule has 2 aromatic rings. The fourth-order valence-corrected chi connectivity index (χ4v) is 10.9. The van der Waals surface area contributed by atoms with Gasteiger partial charge in [-0.25, -0.2) is 4.79 Å². The van der Waals surface area contributed by atoms with Gasteiger partial charge in [-0.15, -0.1) is 0 Å². The van der Waals surface area contributed by atoms with Crippen molar-refractivity contribution in [2.45, 2.75) is 74.4 Å². The molecule has 216 valence electrons. The van der Waals surface area contributed by atoms with E-state index in [1.54, 1.807) is 7.05 Å². The van der Waals surface area contributed by atoms with Gasteiger partial charge < -0.3 is 30.0 Å². The van der Waals surface area contributed by atoms with Crippen molar-refractivity contribution in [3.63, 3.8) is 0 Å². The van der Waals surface area contributed by atoms with Crippen LogP contribution in [0.3, 0.4) is 0 Å². The molecule has 2 spiro atoms. The number of hydrogen-bond acceptors (Lipinski definition) is 6. The minimum absolute atomic E-state index is 0.0923. The first kappa shape index (κ1) is 24.8. The number of nitrogens with zero attached hydrogens (tertiary/aromatic N) is 1. The molecule has 2 heterocycles. The van der Waals surface area contributed by atoms with Gasteiger partial charge in [0.25, 0.3) is 0 Å². The molecule has 0 radical (unpaired) electrons. The number of carbonyl (C=O) groups excluding carboxylic acids is 1. The number of amides is 2. The number of hydrogen-bond donors (Lipinski definition) is 3. The second kappa shape index (κ2) is 8.17.